The minimum Gasteiger partial charge on any atom is -0.259 e. The summed E-state index contributed by atoms with van der Waals surface area (Å²) in [5.41, 5.74) is 15.1. The molecule has 10 heteroatoms. The van der Waals surface area contributed by atoms with E-state index >= 15 is 0 Å². The van der Waals surface area contributed by atoms with Crippen molar-refractivity contribution in [2.24, 2.45) is 10.2 Å². The number of halogens is 2. The van der Waals surface area contributed by atoms with Crippen LogP contribution in [-0.2, 0) is 0 Å². The second-order valence-corrected chi connectivity index (χ2v) is 10.8. The van der Waals surface area contributed by atoms with Gasteiger partial charge in [0, 0.05) is 11.1 Å². The molecule has 48 heavy (non-hydrogen) atoms. The summed E-state index contributed by atoms with van der Waals surface area (Å²) in [6.45, 7) is 0. The van der Waals surface area contributed by atoms with Gasteiger partial charge in [0.2, 0.25) is 0 Å². The Kier molecular flexibility index (Phi) is 9.47. The molecule has 238 valence electrons. The maximum atomic E-state index is 4.91. The molecule has 0 unspecified atom stereocenters. The van der Waals surface area contributed by atoms with Crippen LogP contribution in [0.5, 0.6) is 0 Å². The van der Waals surface area contributed by atoms with E-state index in [0.717, 1.165) is 56.7 Å². The Labute approximate surface area is 291 Å². The highest BCUT2D eigenvalue weighted by Crippen LogP contribution is 2.31. The van der Waals surface area contributed by atoms with Crippen molar-refractivity contribution in [1.82, 2.24) is 10.9 Å². The van der Waals surface area contributed by atoms with E-state index < -0.39 is 0 Å². The molecule has 2 heterocycles. The molecule has 0 amide bonds. The molecule has 8 nitrogen and oxygen atoms in total. The molecule has 2 aliphatic rings. The van der Waals surface area contributed by atoms with Gasteiger partial charge in [-0.2, -0.15) is 20.5 Å². The van der Waals surface area contributed by atoms with Gasteiger partial charge in [-0.3, -0.25) is 10.9 Å². The first kappa shape index (κ1) is 32.0. The standard InChI is InChI=1S/C38H30N8.2ClH/c1-5-13-31(14-6-1)37-39-43(33-17-9-3-10-18-33)45(41-37)35-25-21-29(22-26-35)30-23-27-36(28-24-30)46-42-38(32-15-7-2-8-16-32)40-44(46)34-19-11-4-12-20-34;;/h1-28H,(H,39,41)(H,40,42);2*1H. The molecular formula is C38H32Cl2N8. The molecule has 2 aliphatic heterocycles. The topological polar surface area (TPSA) is 61.7 Å². The van der Waals surface area contributed by atoms with Gasteiger partial charge in [0.05, 0.1) is 22.7 Å². The number of amidine groups is 2. The van der Waals surface area contributed by atoms with Crippen molar-refractivity contribution in [2.45, 2.75) is 0 Å². The predicted octanol–water partition coefficient (Wildman–Crippen LogP) is 8.41. The van der Waals surface area contributed by atoms with Crippen LogP contribution >= 0.6 is 24.8 Å². The molecule has 0 atom stereocenters. The number of hydrazone groups is 2. The predicted molar refractivity (Wildman–Crippen MR) is 201 cm³/mol. The van der Waals surface area contributed by atoms with E-state index in [1.165, 1.54) is 0 Å². The third kappa shape index (κ3) is 6.35. The van der Waals surface area contributed by atoms with E-state index in [1.54, 1.807) is 0 Å². The number of rotatable bonds is 7. The highest BCUT2D eigenvalue weighted by molar-refractivity contribution is 6.03. The van der Waals surface area contributed by atoms with Crippen LogP contribution in [0, 0.1) is 0 Å². The fraction of sp³-hybridized carbons (Fsp3) is 0. The van der Waals surface area contributed by atoms with E-state index in [1.807, 2.05) is 118 Å². The van der Waals surface area contributed by atoms with Crippen molar-refractivity contribution in [3.63, 3.8) is 0 Å². The van der Waals surface area contributed by atoms with E-state index in [2.05, 4.69) is 83.6 Å². The van der Waals surface area contributed by atoms with Gasteiger partial charge in [-0.15, -0.1) is 35.0 Å². The SMILES string of the molecule is Cl.Cl.c1ccc(C2=NN(c3ccccc3)N(c3ccc(-c4ccc(N5NC(c6ccccc6)=NN5c5ccccc5)cc4)cc3)N2)cc1. The number of hydrogen-bond donors (Lipinski definition) is 2. The molecule has 0 aliphatic carbocycles. The second kappa shape index (κ2) is 14.2. The Bertz CT molecular complexity index is 1840. The van der Waals surface area contributed by atoms with Gasteiger partial charge in [0.15, 0.2) is 11.7 Å². The second-order valence-electron chi connectivity index (χ2n) is 10.8. The van der Waals surface area contributed by atoms with Crippen LogP contribution in [0.1, 0.15) is 11.1 Å². The van der Waals surface area contributed by atoms with Crippen molar-refractivity contribution < 1.29 is 0 Å². The minimum atomic E-state index is 0. The van der Waals surface area contributed by atoms with E-state index in [4.69, 9.17) is 10.2 Å². The van der Waals surface area contributed by atoms with Crippen LogP contribution in [0.15, 0.2) is 180 Å². The van der Waals surface area contributed by atoms with E-state index in [-0.39, 0.29) is 24.8 Å². The lowest BCUT2D eigenvalue weighted by molar-refractivity contribution is 0.770. The van der Waals surface area contributed by atoms with Gasteiger partial charge in [-0.25, -0.2) is 0 Å². The maximum Gasteiger partial charge on any atom is 0.176 e. The average molecular weight is 672 g/mol. The van der Waals surface area contributed by atoms with Gasteiger partial charge in [0.25, 0.3) is 0 Å². The van der Waals surface area contributed by atoms with Crippen LogP contribution in [0.4, 0.5) is 22.7 Å². The van der Waals surface area contributed by atoms with Gasteiger partial charge < -0.3 is 0 Å². The Morgan fingerprint density at radius 1 is 0.312 bits per heavy atom. The first-order chi connectivity index (χ1) is 22.8. The van der Waals surface area contributed by atoms with Gasteiger partial charge >= 0.3 is 0 Å². The summed E-state index contributed by atoms with van der Waals surface area (Å²) < 4.78 is 0. The molecule has 0 spiro atoms. The van der Waals surface area contributed by atoms with Crippen LogP contribution < -0.4 is 31.3 Å². The quantitative estimate of drug-likeness (QED) is 0.178. The summed E-state index contributed by atoms with van der Waals surface area (Å²) >= 11 is 0. The monoisotopic (exact) mass is 670 g/mol. The number of para-hydroxylation sites is 2. The Hall–Kier alpha value is -5.96. The van der Waals surface area contributed by atoms with Crippen molar-refractivity contribution in [2.75, 3.05) is 20.5 Å². The fourth-order valence-electron chi connectivity index (χ4n) is 5.46. The molecule has 0 saturated heterocycles. The summed E-state index contributed by atoms with van der Waals surface area (Å²) in [6, 6.07) is 57.5. The summed E-state index contributed by atoms with van der Waals surface area (Å²) in [5.74, 6) is 1.56. The normalized spacial score (nSPS) is 13.5. The lowest BCUT2D eigenvalue weighted by atomic mass is 10.1. The number of anilines is 4. The summed E-state index contributed by atoms with van der Waals surface area (Å²) in [6.07, 6.45) is 0. The first-order valence-electron chi connectivity index (χ1n) is 15.1. The molecule has 0 aromatic heterocycles. The van der Waals surface area contributed by atoms with Gasteiger partial charge in [-0.05, 0) is 59.7 Å². The van der Waals surface area contributed by atoms with E-state index in [9.17, 15) is 0 Å². The molecular weight excluding hydrogens is 639 g/mol. The molecule has 0 bridgehead atoms. The fourth-order valence-corrected chi connectivity index (χ4v) is 5.46. The number of nitrogens with one attached hydrogen (secondary N) is 2. The highest BCUT2D eigenvalue weighted by Gasteiger charge is 2.28. The molecule has 6 aromatic rings. The molecule has 0 fully saturated rings. The highest BCUT2D eigenvalue weighted by atomic mass is 35.5. The zero-order chi connectivity index (χ0) is 30.7. The van der Waals surface area contributed by atoms with Crippen LogP contribution in [0.2, 0.25) is 0 Å². The molecule has 2 N–H and O–H groups in total. The van der Waals surface area contributed by atoms with Crippen LogP contribution in [-0.4, -0.2) is 11.7 Å². The summed E-state index contributed by atoms with van der Waals surface area (Å²) in [5, 5.41) is 17.5. The maximum absolute atomic E-state index is 4.91. The first-order valence-corrected chi connectivity index (χ1v) is 15.1. The summed E-state index contributed by atoms with van der Waals surface area (Å²) in [7, 11) is 0. The average Bonchev–Trinajstić information content (AvgIpc) is 3.80. The Morgan fingerprint density at radius 3 is 0.958 bits per heavy atom. The van der Waals surface area contributed by atoms with E-state index in [0.29, 0.717) is 0 Å². The zero-order valence-electron chi connectivity index (χ0n) is 25.7. The van der Waals surface area contributed by atoms with Gasteiger partial charge in [-0.1, -0.05) is 121 Å². The van der Waals surface area contributed by atoms with Crippen LogP contribution in [0.3, 0.4) is 0 Å². The number of benzene rings is 6. The smallest absolute Gasteiger partial charge is 0.176 e. The number of hydrogen-bond acceptors (Lipinski definition) is 8. The van der Waals surface area contributed by atoms with Gasteiger partial charge in [0.1, 0.15) is 0 Å². The minimum absolute atomic E-state index is 0. The van der Waals surface area contributed by atoms with Crippen LogP contribution in [0.25, 0.3) is 11.1 Å². The van der Waals surface area contributed by atoms with Crippen molar-refractivity contribution in [1.29, 1.82) is 0 Å². The Balaban J connectivity index is 0.00000201. The molecule has 0 saturated carbocycles. The number of nitrogens with zero attached hydrogens (tertiary/aromatic N) is 6. The molecule has 6 aromatic carbocycles. The van der Waals surface area contributed by atoms with Crippen molar-refractivity contribution in [3.05, 3.63) is 181 Å². The lowest BCUT2D eigenvalue weighted by Crippen LogP contribution is -2.44. The molecule has 8 rings (SSSR count). The van der Waals surface area contributed by atoms with Crippen molar-refractivity contribution in [3.8, 4) is 11.1 Å². The van der Waals surface area contributed by atoms with Crippen molar-refractivity contribution >= 4 is 59.2 Å². The third-order valence-corrected chi connectivity index (χ3v) is 7.82. The number of hydrazine groups is 4. The largest absolute Gasteiger partial charge is 0.259 e. The Morgan fingerprint density at radius 2 is 0.625 bits per heavy atom. The molecule has 0 radical (unpaired) electrons. The zero-order valence-corrected chi connectivity index (χ0v) is 27.3. The third-order valence-electron chi connectivity index (χ3n) is 7.82. The summed E-state index contributed by atoms with van der Waals surface area (Å²) in [4.78, 5) is 0. The lowest BCUT2D eigenvalue weighted by Gasteiger charge is -2.28.